The second-order valence-corrected chi connectivity index (χ2v) is 5.72. The van der Waals surface area contributed by atoms with E-state index in [2.05, 4.69) is 5.32 Å². The lowest BCUT2D eigenvalue weighted by Gasteiger charge is -2.24. The highest BCUT2D eigenvalue weighted by molar-refractivity contribution is 6.00. The molecular formula is C16H20N2O2. The van der Waals surface area contributed by atoms with Gasteiger partial charge < -0.3 is 10.2 Å². The number of amides is 2. The second kappa shape index (κ2) is 5.65. The van der Waals surface area contributed by atoms with Gasteiger partial charge in [0.1, 0.15) is 6.54 Å². The summed E-state index contributed by atoms with van der Waals surface area (Å²) in [5, 5.41) is 3.06. The lowest BCUT2D eigenvalue weighted by molar-refractivity contribution is -0.122. The van der Waals surface area contributed by atoms with Crippen LogP contribution in [0.2, 0.25) is 0 Å². The molecule has 2 aliphatic rings. The molecule has 1 saturated carbocycles. The molecule has 1 heterocycles. The molecule has 0 aromatic heterocycles. The number of hydrogen-bond acceptors (Lipinski definition) is 2. The van der Waals surface area contributed by atoms with Crippen LogP contribution in [0.5, 0.6) is 0 Å². The zero-order chi connectivity index (χ0) is 13.9. The lowest BCUT2D eigenvalue weighted by atomic mass is 9.95. The van der Waals surface area contributed by atoms with Crippen LogP contribution in [0.15, 0.2) is 24.3 Å². The molecule has 106 valence electrons. The number of nitrogens with zero attached hydrogens (tertiary/aromatic N) is 1. The Morgan fingerprint density at radius 3 is 2.70 bits per heavy atom. The van der Waals surface area contributed by atoms with Crippen LogP contribution in [-0.4, -0.2) is 29.3 Å². The minimum absolute atomic E-state index is 0.0283. The van der Waals surface area contributed by atoms with Gasteiger partial charge in [-0.2, -0.15) is 0 Å². The largest absolute Gasteiger partial charge is 0.352 e. The molecule has 0 radical (unpaired) electrons. The van der Waals surface area contributed by atoms with E-state index in [1.54, 1.807) is 4.90 Å². The molecule has 1 aliphatic carbocycles. The molecule has 1 aromatic rings. The van der Waals surface area contributed by atoms with Crippen LogP contribution in [0.3, 0.4) is 0 Å². The maximum atomic E-state index is 12.2. The first kappa shape index (κ1) is 13.2. The normalized spacial score (nSPS) is 19.0. The van der Waals surface area contributed by atoms with E-state index in [9.17, 15) is 9.59 Å². The molecular weight excluding hydrogens is 252 g/mol. The smallest absolute Gasteiger partial charge is 0.254 e. The summed E-state index contributed by atoms with van der Waals surface area (Å²) >= 11 is 0. The van der Waals surface area contributed by atoms with E-state index >= 15 is 0 Å². The van der Waals surface area contributed by atoms with Crippen molar-refractivity contribution in [3.8, 4) is 0 Å². The number of fused-ring (bicyclic) bond motifs is 1. The second-order valence-electron chi connectivity index (χ2n) is 5.72. The van der Waals surface area contributed by atoms with Crippen molar-refractivity contribution in [2.24, 2.45) is 0 Å². The van der Waals surface area contributed by atoms with Crippen LogP contribution in [0.4, 0.5) is 0 Å². The van der Waals surface area contributed by atoms with Crippen molar-refractivity contribution in [1.29, 1.82) is 0 Å². The van der Waals surface area contributed by atoms with Crippen LogP contribution in [0, 0.1) is 0 Å². The van der Waals surface area contributed by atoms with Crippen molar-refractivity contribution in [2.75, 3.05) is 6.54 Å². The number of hydrogen-bond donors (Lipinski definition) is 1. The molecule has 0 spiro atoms. The van der Waals surface area contributed by atoms with Crippen LogP contribution >= 0.6 is 0 Å². The van der Waals surface area contributed by atoms with E-state index in [4.69, 9.17) is 0 Å². The minimum atomic E-state index is -0.0296. The summed E-state index contributed by atoms with van der Waals surface area (Å²) in [6.45, 7) is 0.719. The molecule has 2 amide bonds. The Morgan fingerprint density at radius 2 is 1.95 bits per heavy atom. The number of benzene rings is 1. The van der Waals surface area contributed by atoms with E-state index in [0.717, 1.165) is 24.0 Å². The average Bonchev–Trinajstić information content (AvgIpc) is 2.77. The monoisotopic (exact) mass is 272 g/mol. The van der Waals surface area contributed by atoms with Crippen molar-refractivity contribution >= 4 is 11.8 Å². The highest BCUT2D eigenvalue weighted by Crippen LogP contribution is 2.22. The van der Waals surface area contributed by atoms with Gasteiger partial charge in [0.25, 0.3) is 5.91 Å². The topological polar surface area (TPSA) is 49.4 Å². The molecule has 0 atom stereocenters. The molecule has 0 saturated heterocycles. The maximum Gasteiger partial charge on any atom is 0.254 e. The summed E-state index contributed by atoms with van der Waals surface area (Å²) < 4.78 is 0. The minimum Gasteiger partial charge on any atom is -0.352 e. The Labute approximate surface area is 119 Å². The first-order chi connectivity index (χ1) is 9.74. The summed E-state index contributed by atoms with van der Waals surface area (Å²) in [4.78, 5) is 25.9. The van der Waals surface area contributed by atoms with Gasteiger partial charge in [0, 0.05) is 18.2 Å². The molecule has 4 nitrogen and oxygen atoms in total. The third-order valence-electron chi connectivity index (χ3n) is 4.20. The average molecular weight is 272 g/mol. The molecule has 20 heavy (non-hydrogen) atoms. The predicted molar refractivity (Wildman–Crippen MR) is 76.2 cm³/mol. The van der Waals surface area contributed by atoms with Crippen molar-refractivity contribution in [3.05, 3.63) is 35.4 Å². The van der Waals surface area contributed by atoms with Gasteiger partial charge in [-0.3, -0.25) is 9.59 Å². The number of carbonyl (C=O) groups is 2. The third kappa shape index (κ3) is 2.69. The quantitative estimate of drug-likeness (QED) is 0.916. The Morgan fingerprint density at radius 1 is 1.20 bits per heavy atom. The van der Waals surface area contributed by atoms with Crippen LogP contribution in [0.25, 0.3) is 0 Å². The maximum absolute atomic E-state index is 12.2. The highest BCUT2D eigenvalue weighted by Gasteiger charge is 2.28. The van der Waals surface area contributed by atoms with Gasteiger partial charge in [-0.05, 0) is 24.5 Å². The fourth-order valence-electron chi connectivity index (χ4n) is 3.14. The Bertz CT molecular complexity index is 521. The van der Waals surface area contributed by atoms with Gasteiger partial charge >= 0.3 is 0 Å². The van der Waals surface area contributed by atoms with Gasteiger partial charge in [0.05, 0.1) is 0 Å². The molecule has 1 aromatic carbocycles. The molecule has 4 heteroatoms. The molecule has 3 rings (SSSR count). The Kier molecular flexibility index (Phi) is 3.72. The zero-order valence-electron chi connectivity index (χ0n) is 11.6. The lowest BCUT2D eigenvalue weighted by Crippen LogP contribution is -2.42. The van der Waals surface area contributed by atoms with Gasteiger partial charge in [-0.25, -0.2) is 0 Å². The summed E-state index contributed by atoms with van der Waals surface area (Å²) in [5.41, 5.74) is 1.75. The standard InChI is InChI=1S/C16H20N2O2/c19-15(17-13-7-2-1-3-8-13)11-18-10-12-6-4-5-9-14(12)16(18)20/h4-6,9,13H,1-3,7-8,10-11H2,(H,17,19). The van der Waals surface area contributed by atoms with Gasteiger partial charge in [0.2, 0.25) is 5.91 Å². The molecule has 1 N–H and O–H groups in total. The van der Waals surface area contributed by atoms with E-state index in [1.165, 1.54) is 19.3 Å². The number of rotatable bonds is 3. The predicted octanol–water partition coefficient (Wildman–Crippen LogP) is 2.09. The van der Waals surface area contributed by atoms with Crippen molar-refractivity contribution in [1.82, 2.24) is 10.2 Å². The van der Waals surface area contributed by atoms with Crippen LogP contribution in [0.1, 0.15) is 48.0 Å². The zero-order valence-corrected chi connectivity index (χ0v) is 11.6. The third-order valence-corrected chi connectivity index (χ3v) is 4.20. The van der Waals surface area contributed by atoms with Gasteiger partial charge in [-0.1, -0.05) is 37.5 Å². The van der Waals surface area contributed by atoms with E-state index in [1.807, 2.05) is 24.3 Å². The van der Waals surface area contributed by atoms with E-state index in [0.29, 0.717) is 12.6 Å². The van der Waals surface area contributed by atoms with Crippen LogP contribution in [-0.2, 0) is 11.3 Å². The van der Waals surface area contributed by atoms with Crippen LogP contribution < -0.4 is 5.32 Å². The summed E-state index contributed by atoms with van der Waals surface area (Å²) in [6.07, 6.45) is 5.80. The SMILES string of the molecule is O=C(CN1Cc2ccccc2C1=O)NC1CCCCC1. The van der Waals surface area contributed by atoms with Gasteiger partial charge in [0.15, 0.2) is 0 Å². The Balaban J connectivity index is 1.56. The van der Waals surface area contributed by atoms with Crippen molar-refractivity contribution < 1.29 is 9.59 Å². The fraction of sp³-hybridized carbons (Fsp3) is 0.500. The summed E-state index contributed by atoms with van der Waals surface area (Å²) in [5.74, 6) is -0.0579. The first-order valence-electron chi connectivity index (χ1n) is 7.40. The van der Waals surface area contributed by atoms with E-state index < -0.39 is 0 Å². The molecule has 0 bridgehead atoms. The molecule has 0 unspecified atom stereocenters. The summed E-state index contributed by atoms with van der Waals surface area (Å²) in [7, 11) is 0. The first-order valence-corrected chi connectivity index (χ1v) is 7.40. The van der Waals surface area contributed by atoms with Gasteiger partial charge in [-0.15, -0.1) is 0 Å². The van der Waals surface area contributed by atoms with Crippen molar-refractivity contribution in [2.45, 2.75) is 44.7 Å². The highest BCUT2D eigenvalue weighted by atomic mass is 16.2. The van der Waals surface area contributed by atoms with Crippen molar-refractivity contribution in [3.63, 3.8) is 0 Å². The fourth-order valence-corrected chi connectivity index (χ4v) is 3.14. The molecule has 1 aliphatic heterocycles. The summed E-state index contributed by atoms with van der Waals surface area (Å²) in [6, 6.07) is 7.87. The number of nitrogens with one attached hydrogen (secondary N) is 1. The Hall–Kier alpha value is -1.84. The van der Waals surface area contributed by atoms with E-state index in [-0.39, 0.29) is 18.4 Å². The molecule has 1 fully saturated rings. The number of carbonyl (C=O) groups excluding carboxylic acids is 2.